The highest BCUT2D eigenvalue weighted by molar-refractivity contribution is 5.73. The number of rotatable bonds is 0. The lowest BCUT2D eigenvalue weighted by Crippen LogP contribution is -2.11. The molecule has 0 fully saturated rings. The minimum Gasteiger partial charge on any atom is -0.319 e. The molecule has 1 aliphatic heterocycles. The van der Waals surface area contributed by atoms with Gasteiger partial charge in [0.15, 0.2) is 0 Å². The fraction of sp³-hybridized carbons (Fsp3) is 0.100. The number of aliphatic imine (C=N–C) groups is 1. The standard InChI is InChI=1S/C10H10N2/c11-10-7-12-6-5-8-3-1-2-4-9(8)10/h1-7,10H,11H2. The van der Waals surface area contributed by atoms with Gasteiger partial charge in [-0.05, 0) is 17.2 Å². The molecule has 0 aliphatic carbocycles. The summed E-state index contributed by atoms with van der Waals surface area (Å²) in [6, 6.07) is 7.99. The number of benzene rings is 1. The number of fused-ring (bicyclic) bond motifs is 1. The van der Waals surface area contributed by atoms with Crippen molar-refractivity contribution < 1.29 is 0 Å². The predicted octanol–water partition coefficient (Wildman–Crippen LogP) is 1.74. The fourth-order valence-corrected chi connectivity index (χ4v) is 1.31. The van der Waals surface area contributed by atoms with Gasteiger partial charge in [0.1, 0.15) is 0 Å². The molecule has 1 atom stereocenters. The third-order valence-corrected chi connectivity index (χ3v) is 1.94. The summed E-state index contributed by atoms with van der Waals surface area (Å²) in [5.74, 6) is 0. The van der Waals surface area contributed by atoms with Crippen LogP contribution in [0.1, 0.15) is 17.2 Å². The molecule has 12 heavy (non-hydrogen) atoms. The van der Waals surface area contributed by atoms with E-state index in [0.717, 1.165) is 11.1 Å². The van der Waals surface area contributed by atoms with Crippen LogP contribution in [0.3, 0.4) is 0 Å². The van der Waals surface area contributed by atoms with Crippen LogP contribution in [0.4, 0.5) is 0 Å². The SMILES string of the molecule is NC1C=NC=Cc2ccccc21. The Balaban J connectivity index is 2.56. The monoisotopic (exact) mass is 158 g/mol. The van der Waals surface area contributed by atoms with E-state index in [9.17, 15) is 0 Å². The summed E-state index contributed by atoms with van der Waals surface area (Å²) in [6.45, 7) is 0. The average molecular weight is 158 g/mol. The lowest BCUT2D eigenvalue weighted by Gasteiger charge is -2.07. The summed E-state index contributed by atoms with van der Waals surface area (Å²) >= 11 is 0. The number of hydrogen-bond donors (Lipinski definition) is 1. The molecule has 0 spiro atoms. The Morgan fingerprint density at radius 3 is 3.00 bits per heavy atom. The summed E-state index contributed by atoms with van der Waals surface area (Å²) in [7, 11) is 0. The van der Waals surface area contributed by atoms with Gasteiger partial charge in [-0.1, -0.05) is 24.3 Å². The summed E-state index contributed by atoms with van der Waals surface area (Å²) in [5.41, 5.74) is 8.15. The molecule has 0 aromatic heterocycles. The third-order valence-electron chi connectivity index (χ3n) is 1.94. The Morgan fingerprint density at radius 2 is 2.08 bits per heavy atom. The number of hydrogen-bond acceptors (Lipinski definition) is 2. The largest absolute Gasteiger partial charge is 0.319 e. The van der Waals surface area contributed by atoms with Crippen LogP contribution in [0.2, 0.25) is 0 Å². The van der Waals surface area contributed by atoms with Gasteiger partial charge in [0.05, 0.1) is 6.04 Å². The first kappa shape index (κ1) is 7.25. The van der Waals surface area contributed by atoms with Crippen LogP contribution in [0.5, 0.6) is 0 Å². The summed E-state index contributed by atoms with van der Waals surface area (Å²) < 4.78 is 0. The van der Waals surface area contributed by atoms with Crippen LogP contribution in [0.15, 0.2) is 35.5 Å². The highest BCUT2D eigenvalue weighted by Gasteiger charge is 2.07. The second kappa shape index (κ2) is 2.91. The molecular formula is C10H10N2. The van der Waals surface area contributed by atoms with Crippen molar-refractivity contribution in [2.24, 2.45) is 10.7 Å². The molecule has 2 N–H and O–H groups in total. The first-order chi connectivity index (χ1) is 5.88. The van der Waals surface area contributed by atoms with Crippen molar-refractivity contribution in [3.8, 4) is 0 Å². The van der Waals surface area contributed by atoms with Gasteiger partial charge in [-0.3, -0.25) is 4.99 Å². The molecule has 1 aromatic rings. The van der Waals surface area contributed by atoms with Gasteiger partial charge >= 0.3 is 0 Å². The Morgan fingerprint density at radius 1 is 1.25 bits per heavy atom. The smallest absolute Gasteiger partial charge is 0.0661 e. The van der Waals surface area contributed by atoms with Crippen molar-refractivity contribution in [1.29, 1.82) is 0 Å². The van der Waals surface area contributed by atoms with Crippen molar-refractivity contribution in [1.82, 2.24) is 0 Å². The average Bonchev–Trinajstić information content (AvgIpc) is 2.29. The van der Waals surface area contributed by atoms with Crippen molar-refractivity contribution in [2.75, 3.05) is 0 Å². The zero-order valence-electron chi connectivity index (χ0n) is 6.64. The van der Waals surface area contributed by atoms with Gasteiger partial charge < -0.3 is 5.73 Å². The number of nitrogens with two attached hydrogens (primary N) is 1. The van der Waals surface area contributed by atoms with Crippen LogP contribution < -0.4 is 5.73 Å². The van der Waals surface area contributed by atoms with Crippen LogP contribution in [0.25, 0.3) is 6.08 Å². The minimum atomic E-state index is -0.0730. The maximum absolute atomic E-state index is 5.86. The summed E-state index contributed by atoms with van der Waals surface area (Å²) in [6.07, 6.45) is 5.49. The fourth-order valence-electron chi connectivity index (χ4n) is 1.31. The highest BCUT2D eigenvalue weighted by Crippen LogP contribution is 2.18. The van der Waals surface area contributed by atoms with Crippen LogP contribution >= 0.6 is 0 Å². The molecule has 0 saturated heterocycles. The lowest BCUT2D eigenvalue weighted by atomic mass is 10.0. The maximum atomic E-state index is 5.86. The maximum Gasteiger partial charge on any atom is 0.0661 e. The van der Waals surface area contributed by atoms with Crippen molar-refractivity contribution in [2.45, 2.75) is 6.04 Å². The van der Waals surface area contributed by atoms with E-state index in [1.54, 1.807) is 12.4 Å². The van der Waals surface area contributed by atoms with Crippen molar-refractivity contribution in [3.05, 3.63) is 41.6 Å². The Labute approximate surface area is 71.4 Å². The summed E-state index contributed by atoms with van der Waals surface area (Å²) in [5, 5.41) is 0. The molecule has 0 bridgehead atoms. The van der Waals surface area contributed by atoms with E-state index in [2.05, 4.69) is 4.99 Å². The molecule has 60 valence electrons. The van der Waals surface area contributed by atoms with E-state index in [4.69, 9.17) is 5.73 Å². The molecular weight excluding hydrogens is 148 g/mol. The van der Waals surface area contributed by atoms with Gasteiger partial charge in [0.2, 0.25) is 0 Å². The van der Waals surface area contributed by atoms with Gasteiger partial charge in [0.25, 0.3) is 0 Å². The van der Waals surface area contributed by atoms with E-state index >= 15 is 0 Å². The minimum absolute atomic E-state index is 0.0730. The second-order valence-corrected chi connectivity index (χ2v) is 2.77. The Hall–Kier alpha value is -1.41. The van der Waals surface area contributed by atoms with Crippen LogP contribution in [0, 0.1) is 0 Å². The highest BCUT2D eigenvalue weighted by atomic mass is 14.7. The molecule has 0 radical (unpaired) electrons. The van der Waals surface area contributed by atoms with Gasteiger partial charge in [-0.15, -0.1) is 0 Å². The zero-order chi connectivity index (χ0) is 8.39. The quantitative estimate of drug-likeness (QED) is 0.613. The molecule has 2 rings (SSSR count). The Bertz CT molecular complexity index is 339. The van der Waals surface area contributed by atoms with E-state index in [-0.39, 0.29) is 6.04 Å². The predicted molar refractivity (Wildman–Crippen MR) is 50.9 cm³/mol. The third kappa shape index (κ3) is 1.17. The molecule has 2 nitrogen and oxygen atoms in total. The van der Waals surface area contributed by atoms with E-state index in [1.165, 1.54) is 0 Å². The van der Waals surface area contributed by atoms with E-state index < -0.39 is 0 Å². The second-order valence-electron chi connectivity index (χ2n) is 2.77. The normalized spacial score (nSPS) is 20.2. The Kier molecular flexibility index (Phi) is 1.76. The molecule has 1 aromatic carbocycles. The van der Waals surface area contributed by atoms with E-state index in [0.29, 0.717) is 0 Å². The molecule has 0 amide bonds. The van der Waals surface area contributed by atoms with Gasteiger partial charge in [0, 0.05) is 12.4 Å². The van der Waals surface area contributed by atoms with Crippen LogP contribution in [-0.4, -0.2) is 6.21 Å². The van der Waals surface area contributed by atoms with Crippen LogP contribution in [-0.2, 0) is 0 Å². The topological polar surface area (TPSA) is 38.4 Å². The first-order valence-corrected chi connectivity index (χ1v) is 3.92. The van der Waals surface area contributed by atoms with Crippen molar-refractivity contribution in [3.63, 3.8) is 0 Å². The number of nitrogens with zero attached hydrogens (tertiary/aromatic N) is 1. The molecule has 1 unspecified atom stereocenters. The van der Waals surface area contributed by atoms with Crippen molar-refractivity contribution >= 4 is 12.3 Å². The summed E-state index contributed by atoms with van der Waals surface area (Å²) in [4.78, 5) is 4.04. The first-order valence-electron chi connectivity index (χ1n) is 3.92. The molecule has 2 heteroatoms. The van der Waals surface area contributed by atoms with Gasteiger partial charge in [-0.2, -0.15) is 0 Å². The van der Waals surface area contributed by atoms with E-state index in [1.807, 2.05) is 30.3 Å². The zero-order valence-corrected chi connectivity index (χ0v) is 6.64. The lowest BCUT2D eigenvalue weighted by molar-refractivity contribution is 0.982. The molecule has 0 saturated carbocycles. The van der Waals surface area contributed by atoms with Gasteiger partial charge in [-0.25, -0.2) is 0 Å². The molecule has 1 heterocycles. The molecule has 1 aliphatic rings.